The summed E-state index contributed by atoms with van der Waals surface area (Å²) in [5.41, 5.74) is 1.07. The van der Waals surface area contributed by atoms with E-state index in [1.807, 2.05) is 55.5 Å². The van der Waals surface area contributed by atoms with Crippen LogP contribution in [0.5, 0.6) is 5.75 Å². The second-order valence-electron chi connectivity index (χ2n) is 8.78. The molecule has 1 aliphatic rings. The average Bonchev–Trinajstić information content (AvgIpc) is 2.85. The molecule has 1 amide bonds. The van der Waals surface area contributed by atoms with Crippen LogP contribution in [-0.2, 0) is 4.79 Å². The number of hydrogen-bond acceptors (Lipinski definition) is 4. The Labute approximate surface area is 194 Å². The maximum absolute atomic E-state index is 13.5. The van der Waals surface area contributed by atoms with Crippen LogP contribution in [0.2, 0.25) is 0 Å². The first-order chi connectivity index (χ1) is 16.0. The minimum Gasteiger partial charge on any atom is -0.492 e. The number of likely N-dealkylation sites (tertiary alicyclic amines) is 1. The van der Waals surface area contributed by atoms with Gasteiger partial charge in [0.2, 0.25) is 5.91 Å². The molecule has 1 fully saturated rings. The molecule has 0 aliphatic carbocycles. The van der Waals surface area contributed by atoms with Crippen LogP contribution in [0.1, 0.15) is 37.1 Å². The summed E-state index contributed by atoms with van der Waals surface area (Å²) in [6, 6.07) is 21.2. The number of rotatable bonds is 8. The van der Waals surface area contributed by atoms with Crippen molar-refractivity contribution in [1.29, 1.82) is 0 Å². The Balaban J connectivity index is 1.35. The van der Waals surface area contributed by atoms with E-state index < -0.39 is 11.5 Å². The molecule has 1 N–H and O–H groups in total. The van der Waals surface area contributed by atoms with Crippen molar-refractivity contribution in [2.24, 2.45) is 5.41 Å². The second kappa shape index (κ2) is 10.6. The number of piperidine rings is 1. The summed E-state index contributed by atoms with van der Waals surface area (Å²) in [4.78, 5) is 20.2. The highest BCUT2D eigenvalue weighted by Gasteiger charge is 2.38. The minimum absolute atomic E-state index is 0.00247. The molecule has 6 heteroatoms. The number of benzene rings is 2. The molecule has 0 bridgehead atoms. The number of pyridine rings is 1. The summed E-state index contributed by atoms with van der Waals surface area (Å²) < 4.78 is 19.3. The summed E-state index contributed by atoms with van der Waals surface area (Å²) in [5, 5.41) is 3.19. The van der Waals surface area contributed by atoms with E-state index in [2.05, 4.69) is 15.2 Å². The number of nitrogens with zero attached hydrogens (tertiary/aromatic N) is 2. The number of halogens is 1. The topological polar surface area (TPSA) is 54.5 Å². The van der Waals surface area contributed by atoms with Gasteiger partial charge in [0.1, 0.15) is 18.2 Å². The van der Waals surface area contributed by atoms with Crippen molar-refractivity contribution in [2.45, 2.75) is 25.8 Å². The van der Waals surface area contributed by atoms with Gasteiger partial charge in [-0.1, -0.05) is 43.3 Å². The molecule has 1 unspecified atom stereocenters. The number of nitrogens with one attached hydrogen (secondary N) is 1. The fourth-order valence-corrected chi connectivity index (χ4v) is 4.14. The number of ether oxygens (including phenoxy) is 1. The van der Waals surface area contributed by atoms with Crippen molar-refractivity contribution in [3.05, 3.63) is 96.1 Å². The first kappa shape index (κ1) is 22.9. The molecule has 1 aliphatic heterocycles. The van der Waals surface area contributed by atoms with Gasteiger partial charge < -0.3 is 10.1 Å². The van der Waals surface area contributed by atoms with Crippen molar-refractivity contribution >= 4 is 5.91 Å². The highest BCUT2D eigenvalue weighted by molar-refractivity contribution is 5.83. The van der Waals surface area contributed by atoms with Crippen LogP contribution in [0, 0.1) is 11.2 Å². The van der Waals surface area contributed by atoms with Gasteiger partial charge in [0, 0.05) is 18.2 Å². The zero-order chi connectivity index (χ0) is 23.1. The van der Waals surface area contributed by atoms with Crippen molar-refractivity contribution < 1.29 is 13.9 Å². The van der Waals surface area contributed by atoms with E-state index in [0.717, 1.165) is 49.5 Å². The van der Waals surface area contributed by atoms with E-state index in [1.165, 1.54) is 12.1 Å². The van der Waals surface area contributed by atoms with E-state index in [9.17, 15) is 9.18 Å². The lowest BCUT2D eigenvalue weighted by Gasteiger charge is -2.39. The number of hydrogen-bond donors (Lipinski definition) is 1. The van der Waals surface area contributed by atoms with Gasteiger partial charge in [0.05, 0.1) is 11.7 Å². The van der Waals surface area contributed by atoms with Crippen LogP contribution < -0.4 is 10.1 Å². The van der Waals surface area contributed by atoms with E-state index in [-0.39, 0.29) is 11.7 Å². The van der Waals surface area contributed by atoms with Gasteiger partial charge >= 0.3 is 0 Å². The van der Waals surface area contributed by atoms with Gasteiger partial charge in [-0.25, -0.2) is 4.39 Å². The molecular weight excluding hydrogens is 417 g/mol. The van der Waals surface area contributed by atoms with Gasteiger partial charge in [-0.15, -0.1) is 0 Å². The van der Waals surface area contributed by atoms with Gasteiger partial charge in [-0.05, 0) is 67.9 Å². The van der Waals surface area contributed by atoms with Crippen LogP contribution in [0.3, 0.4) is 0 Å². The molecule has 0 radical (unpaired) electrons. The lowest BCUT2D eigenvalue weighted by molar-refractivity contribution is -0.133. The molecule has 0 saturated carbocycles. The largest absolute Gasteiger partial charge is 0.492 e. The number of amides is 1. The Bertz CT molecular complexity index is 1020. The van der Waals surface area contributed by atoms with Gasteiger partial charge in [-0.3, -0.25) is 14.7 Å². The van der Waals surface area contributed by atoms with Crippen molar-refractivity contribution in [3.8, 4) is 5.75 Å². The third-order valence-electron chi connectivity index (χ3n) is 6.39. The number of carbonyl (C=O) groups excluding carboxylic acids is 1. The predicted octanol–water partition coefficient (Wildman–Crippen LogP) is 4.61. The van der Waals surface area contributed by atoms with Crippen molar-refractivity contribution in [3.63, 3.8) is 0 Å². The summed E-state index contributed by atoms with van der Waals surface area (Å²) in [6.07, 6.45) is 3.24. The van der Waals surface area contributed by atoms with Crippen molar-refractivity contribution in [2.75, 3.05) is 26.2 Å². The zero-order valence-electron chi connectivity index (χ0n) is 18.9. The molecule has 1 aromatic heterocycles. The molecule has 5 nitrogen and oxygen atoms in total. The fourth-order valence-electron chi connectivity index (χ4n) is 4.14. The van der Waals surface area contributed by atoms with Crippen LogP contribution in [0.25, 0.3) is 0 Å². The normalized spacial score (nSPS) is 16.7. The molecule has 4 rings (SSSR count). The third-order valence-corrected chi connectivity index (χ3v) is 6.39. The lowest BCUT2D eigenvalue weighted by Crippen LogP contribution is -2.48. The average molecular weight is 448 g/mol. The second-order valence-corrected chi connectivity index (χ2v) is 8.78. The highest BCUT2D eigenvalue weighted by Crippen LogP contribution is 2.33. The molecule has 1 atom stereocenters. The molecular formula is C27H30FN3O2. The Morgan fingerprint density at radius 3 is 2.42 bits per heavy atom. The Morgan fingerprint density at radius 1 is 1.06 bits per heavy atom. The minimum atomic E-state index is -0.468. The molecule has 2 aromatic carbocycles. The number of aromatic nitrogens is 1. The maximum Gasteiger partial charge on any atom is 0.226 e. The maximum atomic E-state index is 13.5. The third kappa shape index (κ3) is 5.96. The first-order valence-corrected chi connectivity index (χ1v) is 11.4. The lowest BCUT2D eigenvalue weighted by atomic mass is 9.79. The van der Waals surface area contributed by atoms with Crippen LogP contribution in [-0.4, -0.2) is 42.0 Å². The molecule has 1 saturated heterocycles. The molecule has 172 valence electrons. The van der Waals surface area contributed by atoms with Crippen LogP contribution >= 0.6 is 0 Å². The summed E-state index contributed by atoms with van der Waals surface area (Å²) in [7, 11) is 0. The SMILES string of the molecule is CC1(C(=O)NC(c2ccc(F)cc2)c2ccccn2)CCN(CCOc2ccccc2)CC1. The van der Waals surface area contributed by atoms with E-state index in [4.69, 9.17) is 4.74 Å². The van der Waals surface area contributed by atoms with Crippen LogP contribution in [0.4, 0.5) is 4.39 Å². The smallest absolute Gasteiger partial charge is 0.226 e. The molecule has 3 aromatic rings. The van der Waals surface area contributed by atoms with E-state index in [0.29, 0.717) is 6.61 Å². The molecule has 2 heterocycles. The summed E-state index contributed by atoms with van der Waals surface area (Å²) >= 11 is 0. The monoisotopic (exact) mass is 447 g/mol. The Hall–Kier alpha value is -3.25. The standard InChI is InChI=1S/C27H30FN3O2/c1-27(14-17-31(18-15-27)19-20-33-23-7-3-2-4-8-23)26(32)30-25(24-9-5-6-16-29-24)21-10-12-22(28)13-11-21/h2-13,16,25H,14-15,17-20H2,1H3,(H,30,32). The molecule has 0 spiro atoms. The predicted molar refractivity (Wildman–Crippen MR) is 126 cm³/mol. The van der Waals surface area contributed by atoms with Crippen molar-refractivity contribution in [1.82, 2.24) is 15.2 Å². The quantitative estimate of drug-likeness (QED) is 0.548. The summed E-state index contributed by atoms with van der Waals surface area (Å²) in [5.74, 6) is 0.572. The van der Waals surface area contributed by atoms with Crippen LogP contribution in [0.15, 0.2) is 79.0 Å². The summed E-state index contributed by atoms with van der Waals surface area (Å²) in [6.45, 7) is 5.16. The van der Waals surface area contributed by atoms with Gasteiger partial charge in [0.25, 0.3) is 0 Å². The fraction of sp³-hybridized carbons (Fsp3) is 0.333. The Kier molecular flexibility index (Phi) is 7.35. The van der Waals surface area contributed by atoms with Gasteiger partial charge in [0.15, 0.2) is 0 Å². The van der Waals surface area contributed by atoms with E-state index >= 15 is 0 Å². The molecule has 33 heavy (non-hydrogen) atoms. The number of para-hydroxylation sites is 1. The van der Waals surface area contributed by atoms with Gasteiger partial charge in [-0.2, -0.15) is 0 Å². The highest BCUT2D eigenvalue weighted by atomic mass is 19.1. The first-order valence-electron chi connectivity index (χ1n) is 11.4. The zero-order valence-corrected chi connectivity index (χ0v) is 18.9. The van der Waals surface area contributed by atoms with E-state index in [1.54, 1.807) is 18.3 Å². The number of carbonyl (C=O) groups is 1. The Morgan fingerprint density at radius 2 is 1.76 bits per heavy atom.